The number of nitrogens with one attached hydrogen (secondary N) is 1. The average molecular weight is 423 g/mol. The third-order valence-corrected chi connectivity index (χ3v) is 6.43. The number of ether oxygens (including phenoxy) is 1. The van der Waals surface area contributed by atoms with Crippen molar-refractivity contribution in [3.05, 3.63) is 47.0 Å². The van der Waals surface area contributed by atoms with Crippen LogP contribution < -0.4 is 14.4 Å². The minimum absolute atomic E-state index is 0.0700. The first-order valence-electron chi connectivity index (χ1n) is 8.93. The number of carbonyl (C=O) groups excluding carboxylic acids is 1. The standard InChI is InChI=1S/C20H23ClN2O4S/c1-5-23-16-11-15(8-9-17(16)27-12-20(3,4)19(23)24)22-28(25,26)18-10-14(21)7-6-13(18)2/h6-11,22H,5,12H2,1-4H3. The van der Waals surface area contributed by atoms with Gasteiger partial charge in [-0.1, -0.05) is 17.7 Å². The minimum Gasteiger partial charge on any atom is -0.490 e. The number of halogens is 1. The summed E-state index contributed by atoms with van der Waals surface area (Å²) < 4.78 is 34.1. The first-order valence-corrected chi connectivity index (χ1v) is 10.8. The second-order valence-electron chi connectivity index (χ2n) is 7.42. The molecule has 2 aromatic rings. The van der Waals surface area contributed by atoms with Gasteiger partial charge in [0.25, 0.3) is 10.0 Å². The van der Waals surface area contributed by atoms with Gasteiger partial charge in [-0.3, -0.25) is 9.52 Å². The highest BCUT2D eigenvalue weighted by Crippen LogP contribution is 2.38. The number of sulfonamides is 1. The third kappa shape index (κ3) is 3.82. The highest BCUT2D eigenvalue weighted by molar-refractivity contribution is 7.92. The van der Waals surface area contributed by atoms with E-state index < -0.39 is 15.4 Å². The highest BCUT2D eigenvalue weighted by Gasteiger charge is 2.37. The Kier molecular flexibility index (Phi) is 5.34. The lowest BCUT2D eigenvalue weighted by molar-refractivity contribution is -0.127. The molecule has 0 spiro atoms. The first-order chi connectivity index (χ1) is 13.0. The lowest BCUT2D eigenvalue weighted by atomic mass is 9.93. The van der Waals surface area contributed by atoms with E-state index in [1.54, 1.807) is 42.2 Å². The molecule has 2 aromatic carbocycles. The number of carbonyl (C=O) groups is 1. The molecule has 28 heavy (non-hydrogen) atoms. The lowest BCUT2D eigenvalue weighted by Crippen LogP contribution is -2.42. The molecule has 0 aromatic heterocycles. The predicted octanol–water partition coefficient (Wildman–Crippen LogP) is 4.22. The number of nitrogens with zero attached hydrogens (tertiary/aromatic N) is 1. The number of rotatable bonds is 4. The summed E-state index contributed by atoms with van der Waals surface area (Å²) in [5, 5.41) is 0.339. The normalized spacial score (nSPS) is 16.2. The Balaban J connectivity index is 2.00. The van der Waals surface area contributed by atoms with Crippen molar-refractivity contribution >= 4 is 38.9 Å². The molecule has 8 heteroatoms. The molecule has 0 aliphatic carbocycles. The number of benzene rings is 2. The Morgan fingerprint density at radius 1 is 1.21 bits per heavy atom. The van der Waals surface area contributed by atoms with Crippen LogP contribution >= 0.6 is 11.6 Å². The molecule has 150 valence electrons. The van der Waals surface area contributed by atoms with Gasteiger partial charge in [0.05, 0.1) is 21.7 Å². The van der Waals surface area contributed by atoms with E-state index in [4.69, 9.17) is 16.3 Å². The number of amides is 1. The third-order valence-electron chi connectivity index (χ3n) is 4.67. The van der Waals surface area contributed by atoms with Crippen LogP contribution in [-0.2, 0) is 14.8 Å². The molecule has 1 aliphatic heterocycles. The van der Waals surface area contributed by atoms with E-state index in [2.05, 4.69) is 4.72 Å². The summed E-state index contributed by atoms with van der Waals surface area (Å²) in [7, 11) is -3.84. The van der Waals surface area contributed by atoms with Crippen molar-refractivity contribution in [3.8, 4) is 5.75 Å². The van der Waals surface area contributed by atoms with Crippen molar-refractivity contribution in [1.29, 1.82) is 0 Å². The van der Waals surface area contributed by atoms with E-state index in [0.29, 0.717) is 34.3 Å². The fraction of sp³-hybridized carbons (Fsp3) is 0.350. The maximum atomic E-state index is 12.9. The SMILES string of the molecule is CCN1C(=O)C(C)(C)COc2ccc(NS(=O)(=O)c3cc(Cl)ccc3C)cc21. The summed E-state index contributed by atoms with van der Waals surface area (Å²) in [5.41, 5.74) is 0.794. The monoisotopic (exact) mass is 422 g/mol. The Hall–Kier alpha value is -2.25. The largest absolute Gasteiger partial charge is 0.490 e. The van der Waals surface area contributed by atoms with E-state index in [-0.39, 0.29) is 17.4 Å². The van der Waals surface area contributed by atoms with E-state index in [0.717, 1.165) is 0 Å². The average Bonchev–Trinajstić information content (AvgIpc) is 2.71. The summed E-state index contributed by atoms with van der Waals surface area (Å²) in [6.45, 7) is 7.93. The minimum atomic E-state index is -3.84. The number of aryl methyl sites for hydroxylation is 1. The Morgan fingerprint density at radius 3 is 2.61 bits per heavy atom. The van der Waals surface area contributed by atoms with Crippen molar-refractivity contribution in [1.82, 2.24) is 0 Å². The Labute approximate surface area is 170 Å². The van der Waals surface area contributed by atoms with Crippen LogP contribution in [-0.4, -0.2) is 27.5 Å². The van der Waals surface area contributed by atoms with Gasteiger partial charge in [0, 0.05) is 11.6 Å². The second kappa shape index (κ2) is 7.29. The number of hydrogen-bond acceptors (Lipinski definition) is 4. The maximum absolute atomic E-state index is 12.9. The molecule has 0 bridgehead atoms. The molecule has 0 saturated carbocycles. The molecule has 1 aliphatic rings. The fourth-order valence-electron chi connectivity index (χ4n) is 3.10. The molecular weight excluding hydrogens is 400 g/mol. The summed E-state index contributed by atoms with van der Waals surface area (Å²) in [6.07, 6.45) is 0. The first kappa shape index (κ1) is 20.5. The Bertz CT molecular complexity index is 1030. The molecule has 0 saturated heterocycles. The fourth-order valence-corrected chi connectivity index (χ4v) is 4.65. The lowest BCUT2D eigenvalue weighted by Gasteiger charge is -2.27. The van der Waals surface area contributed by atoms with E-state index in [9.17, 15) is 13.2 Å². The van der Waals surface area contributed by atoms with Crippen LogP contribution in [0.25, 0.3) is 0 Å². The molecule has 1 amide bonds. The molecule has 6 nitrogen and oxygen atoms in total. The van der Waals surface area contributed by atoms with Gasteiger partial charge in [-0.05, 0) is 63.6 Å². The Morgan fingerprint density at radius 2 is 1.93 bits per heavy atom. The van der Waals surface area contributed by atoms with Crippen molar-refractivity contribution in [2.45, 2.75) is 32.6 Å². The molecule has 0 atom stereocenters. The number of hydrogen-bond donors (Lipinski definition) is 1. The molecule has 1 N–H and O–H groups in total. The molecule has 3 rings (SSSR count). The molecule has 0 unspecified atom stereocenters. The van der Waals surface area contributed by atoms with Crippen LogP contribution in [0.15, 0.2) is 41.3 Å². The van der Waals surface area contributed by atoms with Gasteiger partial charge in [-0.2, -0.15) is 0 Å². The van der Waals surface area contributed by atoms with Crippen LogP contribution in [0, 0.1) is 12.3 Å². The van der Waals surface area contributed by atoms with E-state index >= 15 is 0 Å². The summed E-state index contributed by atoms with van der Waals surface area (Å²) in [6, 6.07) is 9.62. The smallest absolute Gasteiger partial charge is 0.262 e. The predicted molar refractivity (Wildman–Crippen MR) is 111 cm³/mol. The number of fused-ring (bicyclic) bond motifs is 1. The van der Waals surface area contributed by atoms with Gasteiger partial charge < -0.3 is 9.64 Å². The van der Waals surface area contributed by atoms with Crippen LogP contribution in [0.2, 0.25) is 5.02 Å². The van der Waals surface area contributed by atoms with Crippen molar-refractivity contribution in [2.24, 2.45) is 5.41 Å². The van der Waals surface area contributed by atoms with Gasteiger partial charge in [-0.15, -0.1) is 0 Å². The molecule has 0 fully saturated rings. The molecule has 1 heterocycles. The van der Waals surface area contributed by atoms with Crippen molar-refractivity contribution < 1.29 is 17.9 Å². The quantitative estimate of drug-likeness (QED) is 0.800. The van der Waals surface area contributed by atoms with Crippen LogP contribution in [0.5, 0.6) is 5.75 Å². The van der Waals surface area contributed by atoms with E-state index in [1.165, 1.54) is 6.07 Å². The van der Waals surface area contributed by atoms with Gasteiger partial charge in [0.2, 0.25) is 5.91 Å². The van der Waals surface area contributed by atoms with Gasteiger partial charge in [0.15, 0.2) is 0 Å². The highest BCUT2D eigenvalue weighted by atomic mass is 35.5. The van der Waals surface area contributed by atoms with E-state index in [1.807, 2.05) is 20.8 Å². The molecular formula is C20H23ClN2O4S. The van der Waals surface area contributed by atoms with Gasteiger partial charge in [-0.25, -0.2) is 8.42 Å². The summed E-state index contributed by atoms with van der Waals surface area (Å²) >= 11 is 5.97. The van der Waals surface area contributed by atoms with Crippen LogP contribution in [0.4, 0.5) is 11.4 Å². The van der Waals surface area contributed by atoms with Crippen LogP contribution in [0.1, 0.15) is 26.3 Å². The zero-order chi connectivity index (χ0) is 20.7. The zero-order valence-corrected chi connectivity index (χ0v) is 17.8. The summed E-state index contributed by atoms with van der Waals surface area (Å²) in [4.78, 5) is 14.6. The van der Waals surface area contributed by atoms with Crippen molar-refractivity contribution in [3.63, 3.8) is 0 Å². The van der Waals surface area contributed by atoms with Crippen molar-refractivity contribution in [2.75, 3.05) is 22.8 Å². The topological polar surface area (TPSA) is 75.7 Å². The number of anilines is 2. The maximum Gasteiger partial charge on any atom is 0.262 e. The van der Waals surface area contributed by atoms with Crippen LogP contribution in [0.3, 0.4) is 0 Å². The van der Waals surface area contributed by atoms with Gasteiger partial charge in [0.1, 0.15) is 12.4 Å². The zero-order valence-electron chi connectivity index (χ0n) is 16.2. The molecule has 0 radical (unpaired) electrons. The summed E-state index contributed by atoms with van der Waals surface area (Å²) in [5.74, 6) is 0.474. The second-order valence-corrected chi connectivity index (χ2v) is 9.51. The van der Waals surface area contributed by atoms with Gasteiger partial charge >= 0.3 is 0 Å².